The first-order valence-electron chi connectivity index (χ1n) is 20.3. The predicted octanol–water partition coefficient (Wildman–Crippen LogP) is 8.54. The largest absolute Gasteiger partial charge is 0.471 e. The zero-order valence-electron chi connectivity index (χ0n) is 35.6. The van der Waals surface area contributed by atoms with Crippen molar-refractivity contribution < 1.29 is 23.9 Å². The molecule has 13 nitrogen and oxygen atoms in total. The molecule has 2 fully saturated rings. The summed E-state index contributed by atoms with van der Waals surface area (Å²) in [6.45, 7) is 15.5. The van der Waals surface area contributed by atoms with Crippen molar-refractivity contribution in [2.75, 3.05) is 40.3 Å². The summed E-state index contributed by atoms with van der Waals surface area (Å²) >= 11 is 3.58. The summed E-state index contributed by atoms with van der Waals surface area (Å²) in [6.07, 6.45) is 8.26. The summed E-state index contributed by atoms with van der Waals surface area (Å²) in [5.74, 6) is 1.69. The van der Waals surface area contributed by atoms with E-state index < -0.39 is 0 Å². The Balaban J connectivity index is 0.000000242. The van der Waals surface area contributed by atoms with Crippen LogP contribution in [-0.2, 0) is 23.9 Å². The summed E-state index contributed by atoms with van der Waals surface area (Å²) in [7, 11) is 3.11. The number of rotatable bonds is 9. The van der Waals surface area contributed by atoms with E-state index in [2.05, 4.69) is 105 Å². The molecule has 0 radical (unpaired) electrons. The van der Waals surface area contributed by atoms with Crippen molar-refractivity contribution in [3.8, 4) is 22.3 Å². The molecule has 0 spiro atoms. The van der Waals surface area contributed by atoms with E-state index in [0.717, 1.165) is 66.8 Å². The van der Waals surface area contributed by atoms with E-state index in [1.54, 1.807) is 43.0 Å². The molecule has 318 valence electrons. The first kappa shape index (κ1) is 46.6. The molecule has 2 aliphatic rings. The summed E-state index contributed by atoms with van der Waals surface area (Å²) in [5, 5.41) is 10.2. The van der Waals surface area contributed by atoms with Crippen LogP contribution in [0.15, 0.2) is 53.5 Å². The highest BCUT2D eigenvalue weighted by molar-refractivity contribution is 7.27. The number of likely N-dealkylation sites (tertiary alicyclic amines) is 2. The third kappa shape index (κ3) is 12.7. The van der Waals surface area contributed by atoms with E-state index in [9.17, 15) is 14.4 Å². The molecule has 2 unspecified atom stereocenters. The van der Waals surface area contributed by atoms with Crippen LogP contribution in [0, 0.1) is 5.92 Å². The van der Waals surface area contributed by atoms with Crippen molar-refractivity contribution in [2.24, 2.45) is 5.92 Å². The second kappa shape index (κ2) is 23.5. The number of hydrogen-bond donors (Lipinski definition) is 4. The molecule has 8 rings (SSSR count). The number of carbonyl (C=O) groups is 4. The van der Waals surface area contributed by atoms with Gasteiger partial charge in [0.25, 0.3) is 6.47 Å². The molecule has 6 aromatic rings. The highest BCUT2D eigenvalue weighted by atomic mass is 32.1. The molecular formula is C44H60N8O5S2. The molecule has 4 aromatic heterocycles. The number of carbonyl (C=O) groups excluding carboxylic acids is 4. The number of imidazole rings is 2. The van der Waals surface area contributed by atoms with Crippen LogP contribution in [0.3, 0.4) is 0 Å². The van der Waals surface area contributed by atoms with Gasteiger partial charge >= 0.3 is 0 Å². The minimum absolute atomic E-state index is 0.0520. The van der Waals surface area contributed by atoms with Gasteiger partial charge in [-0.3, -0.25) is 19.2 Å². The van der Waals surface area contributed by atoms with Crippen molar-refractivity contribution in [3.63, 3.8) is 0 Å². The van der Waals surface area contributed by atoms with Crippen LogP contribution in [0.5, 0.6) is 0 Å². The Bertz CT molecular complexity index is 2240. The quantitative estimate of drug-likeness (QED) is 0.105. The molecule has 59 heavy (non-hydrogen) atoms. The second-order valence-corrected chi connectivity index (χ2v) is 16.6. The number of nitrogens with one attached hydrogen (secondary N) is 4. The molecule has 15 heteroatoms. The van der Waals surface area contributed by atoms with Crippen LogP contribution in [0.25, 0.3) is 53.7 Å². The van der Waals surface area contributed by atoms with E-state index in [1.807, 2.05) is 16.7 Å². The smallest absolute Gasteiger partial charge is 0.292 e. The Morgan fingerprint density at radius 1 is 0.932 bits per heavy atom. The molecular weight excluding hydrogens is 785 g/mol. The van der Waals surface area contributed by atoms with Crippen molar-refractivity contribution in [1.82, 2.24) is 40.4 Å². The number of ether oxygens (including phenoxy) is 1. The van der Waals surface area contributed by atoms with Crippen molar-refractivity contribution in [1.29, 1.82) is 0 Å². The number of H-pyrrole nitrogens is 2. The van der Waals surface area contributed by atoms with Gasteiger partial charge in [0, 0.05) is 54.5 Å². The third-order valence-corrected chi connectivity index (χ3v) is 12.0. The van der Waals surface area contributed by atoms with E-state index in [4.69, 9.17) is 9.78 Å². The maximum absolute atomic E-state index is 11.4. The van der Waals surface area contributed by atoms with E-state index in [1.165, 1.54) is 58.0 Å². The lowest BCUT2D eigenvalue weighted by Crippen LogP contribution is -2.34. The van der Waals surface area contributed by atoms with E-state index >= 15 is 0 Å². The van der Waals surface area contributed by atoms with Crippen molar-refractivity contribution in [2.45, 2.75) is 85.7 Å². The topological polar surface area (TPSA) is 165 Å². The fourth-order valence-corrected chi connectivity index (χ4v) is 9.06. The predicted molar refractivity (Wildman–Crippen MR) is 242 cm³/mol. The zero-order chi connectivity index (χ0) is 42.9. The molecule has 0 bridgehead atoms. The fourth-order valence-electron chi connectivity index (χ4n) is 6.60. The highest BCUT2D eigenvalue weighted by Crippen LogP contribution is 2.44. The lowest BCUT2D eigenvalue weighted by molar-refractivity contribution is -0.129. The highest BCUT2D eigenvalue weighted by Gasteiger charge is 2.27. The third-order valence-electron chi connectivity index (χ3n) is 9.89. The van der Waals surface area contributed by atoms with Crippen LogP contribution in [0.1, 0.15) is 85.5 Å². The normalized spacial score (nSPS) is 15.0. The first-order chi connectivity index (χ1) is 28.5. The van der Waals surface area contributed by atoms with Crippen LogP contribution in [-0.4, -0.2) is 101 Å². The number of methoxy groups -OCH3 is 1. The van der Waals surface area contributed by atoms with Gasteiger partial charge < -0.3 is 35.1 Å². The molecule has 2 saturated heterocycles. The fraction of sp³-hybridized carbons (Fsp3) is 0.455. The minimum Gasteiger partial charge on any atom is -0.471 e. The Morgan fingerprint density at radius 2 is 1.53 bits per heavy atom. The summed E-state index contributed by atoms with van der Waals surface area (Å²) in [4.78, 5) is 61.4. The van der Waals surface area contributed by atoms with Crippen molar-refractivity contribution >= 4 is 78.8 Å². The van der Waals surface area contributed by atoms with Gasteiger partial charge in [0.05, 0.1) is 57.5 Å². The maximum atomic E-state index is 11.4. The molecule has 0 aliphatic carbocycles. The van der Waals surface area contributed by atoms with Gasteiger partial charge in [-0.25, -0.2) is 9.97 Å². The Labute approximate surface area is 355 Å². The maximum Gasteiger partial charge on any atom is 0.292 e. The van der Waals surface area contributed by atoms with Crippen LogP contribution in [0.4, 0.5) is 0 Å². The lowest BCUT2D eigenvalue weighted by atomic mass is 10.1. The monoisotopic (exact) mass is 844 g/mol. The van der Waals surface area contributed by atoms with Crippen LogP contribution >= 0.6 is 22.7 Å². The number of amides is 3. The molecule has 3 amide bonds. The minimum atomic E-state index is 0.0520. The molecule has 2 aromatic carbocycles. The van der Waals surface area contributed by atoms with Gasteiger partial charge in [-0.2, -0.15) is 0 Å². The molecule has 6 heterocycles. The van der Waals surface area contributed by atoms with Gasteiger partial charge in [-0.1, -0.05) is 46.2 Å². The SMILES string of the molecule is CC(=O)NC(C)C(C)C.CCC.CNCC(=O)N1CCCC1.COC=O.O=CN1CCCC1c1nc2ccc(-c3csc4c(-c5ccc6nc[nH]c6c5)csc34)cc2[nH]1. The van der Waals surface area contributed by atoms with Crippen LogP contribution in [0.2, 0.25) is 0 Å². The molecule has 2 atom stereocenters. The van der Waals surface area contributed by atoms with Gasteiger partial charge in [0.15, 0.2) is 0 Å². The molecule has 0 saturated carbocycles. The molecule has 4 N–H and O–H groups in total. The van der Waals surface area contributed by atoms with Gasteiger partial charge in [-0.15, -0.1) is 22.7 Å². The zero-order valence-corrected chi connectivity index (χ0v) is 37.2. The second-order valence-electron chi connectivity index (χ2n) is 14.8. The van der Waals surface area contributed by atoms with E-state index in [-0.39, 0.29) is 17.9 Å². The molecule has 2 aliphatic heterocycles. The van der Waals surface area contributed by atoms with Gasteiger partial charge in [0.1, 0.15) is 5.82 Å². The summed E-state index contributed by atoms with van der Waals surface area (Å²) < 4.78 is 6.48. The first-order valence-corrected chi connectivity index (χ1v) is 22.0. The number of nitrogens with zero attached hydrogens (tertiary/aromatic N) is 4. The average Bonchev–Trinajstić information content (AvgIpc) is 4.08. The Hall–Kier alpha value is -5.12. The van der Waals surface area contributed by atoms with Gasteiger partial charge in [0.2, 0.25) is 18.2 Å². The number of likely N-dealkylation sites (N-methyl/N-ethyl adjacent to an activating group) is 1. The lowest BCUT2D eigenvalue weighted by Gasteiger charge is -2.17. The van der Waals surface area contributed by atoms with Crippen molar-refractivity contribution in [3.05, 3.63) is 59.3 Å². The Kier molecular flexibility index (Phi) is 18.5. The number of fused-ring (bicyclic) bond motifs is 3. The number of aromatic amines is 2. The number of aromatic nitrogens is 4. The number of hydrogen-bond acceptors (Lipinski definition) is 10. The summed E-state index contributed by atoms with van der Waals surface area (Å²) in [6, 6.07) is 13.1. The average molecular weight is 845 g/mol. The number of benzene rings is 2. The standard InChI is InChI=1S/C25H19N5OS2.C7H14N2O.C7H15NO.C3H8.C2H4O2/c31-13-30-7-1-2-22(30)25-28-19-6-4-15(9-21(19)29-25)17-11-33-23-16(10-32-24(17)23)14-3-5-18-20(8-14)27-12-26-18;1-8-6-7(10)9-4-2-3-5-9;1-5(2)6(3)8-7(4)9;1-3-2;1-4-2-3/h3-6,8-13,22H,1-2,7H2,(H,26,27)(H,28,29);8H,2-6H2,1H3;5-6H,1-4H3,(H,8,9);3H2,1-2H3;2H,1H3. The number of thiophene rings is 2. The summed E-state index contributed by atoms with van der Waals surface area (Å²) in [5.41, 5.74) is 8.90. The van der Waals surface area contributed by atoms with E-state index in [0.29, 0.717) is 25.0 Å². The van der Waals surface area contributed by atoms with Gasteiger partial charge in [-0.05, 0) is 81.0 Å². The Morgan fingerprint density at radius 3 is 2.05 bits per heavy atom. The van der Waals surface area contributed by atoms with Crippen LogP contribution < -0.4 is 10.6 Å².